The van der Waals surface area contributed by atoms with E-state index in [1.165, 1.54) is 4.31 Å². The van der Waals surface area contributed by atoms with Crippen molar-refractivity contribution in [1.29, 1.82) is 0 Å². The number of nitrogens with zero attached hydrogens (tertiary/aromatic N) is 2. The second-order valence-electron chi connectivity index (χ2n) is 4.40. The standard InChI is InChI=1S/C10H15ClN2O4S2/c1-6-5-17-8(4-14)3-13(6)19(15,16)9-7(2)12-10(11)18-9/h6,8,14H,3-5H2,1-2H3. The number of thiazole rings is 1. The van der Waals surface area contributed by atoms with Crippen molar-refractivity contribution < 1.29 is 18.3 Å². The summed E-state index contributed by atoms with van der Waals surface area (Å²) in [4.78, 5) is 3.93. The summed E-state index contributed by atoms with van der Waals surface area (Å²) < 4.78 is 32.2. The largest absolute Gasteiger partial charge is 0.394 e. The number of aryl methyl sites for hydroxylation is 1. The van der Waals surface area contributed by atoms with Gasteiger partial charge in [-0.2, -0.15) is 4.31 Å². The highest BCUT2D eigenvalue weighted by molar-refractivity contribution is 7.91. The molecular weight excluding hydrogens is 312 g/mol. The van der Waals surface area contributed by atoms with E-state index in [1.54, 1.807) is 13.8 Å². The maximum atomic E-state index is 12.6. The Morgan fingerprint density at radius 3 is 2.84 bits per heavy atom. The molecule has 0 aliphatic carbocycles. The molecular formula is C10H15ClN2O4S2. The quantitative estimate of drug-likeness (QED) is 0.891. The van der Waals surface area contributed by atoms with Crippen LogP contribution in [-0.4, -0.2) is 54.7 Å². The molecule has 1 fully saturated rings. The number of morpholine rings is 1. The third-order valence-corrected chi connectivity index (χ3v) is 6.75. The van der Waals surface area contributed by atoms with Gasteiger partial charge >= 0.3 is 0 Å². The van der Waals surface area contributed by atoms with Crippen molar-refractivity contribution in [3.8, 4) is 0 Å². The third kappa shape index (κ3) is 2.93. The summed E-state index contributed by atoms with van der Waals surface area (Å²) in [5, 5.41) is 9.11. The van der Waals surface area contributed by atoms with Gasteiger partial charge in [0, 0.05) is 12.6 Å². The molecule has 1 aromatic rings. The van der Waals surface area contributed by atoms with Crippen molar-refractivity contribution in [2.45, 2.75) is 30.2 Å². The van der Waals surface area contributed by atoms with Crippen molar-refractivity contribution in [1.82, 2.24) is 9.29 Å². The van der Waals surface area contributed by atoms with E-state index in [4.69, 9.17) is 21.4 Å². The zero-order valence-corrected chi connectivity index (χ0v) is 12.9. The molecule has 0 radical (unpaired) electrons. The van der Waals surface area contributed by atoms with Crippen LogP contribution in [0.4, 0.5) is 0 Å². The number of aliphatic hydroxyl groups excluding tert-OH is 1. The second-order valence-corrected chi connectivity index (χ2v) is 8.07. The molecule has 0 amide bonds. The molecule has 0 spiro atoms. The minimum absolute atomic E-state index is 0.134. The number of halogens is 1. The molecule has 1 N–H and O–H groups in total. The van der Waals surface area contributed by atoms with E-state index in [1.807, 2.05) is 0 Å². The smallest absolute Gasteiger partial charge is 0.254 e. The van der Waals surface area contributed by atoms with Gasteiger partial charge in [-0.3, -0.25) is 0 Å². The van der Waals surface area contributed by atoms with Crippen molar-refractivity contribution in [3.05, 3.63) is 10.2 Å². The monoisotopic (exact) mass is 326 g/mol. The molecule has 1 saturated heterocycles. The normalized spacial score (nSPS) is 25.7. The van der Waals surface area contributed by atoms with E-state index < -0.39 is 16.1 Å². The summed E-state index contributed by atoms with van der Waals surface area (Å²) in [6.07, 6.45) is -0.491. The van der Waals surface area contributed by atoms with Crippen molar-refractivity contribution in [2.75, 3.05) is 19.8 Å². The van der Waals surface area contributed by atoms with Gasteiger partial charge in [-0.05, 0) is 13.8 Å². The fourth-order valence-electron chi connectivity index (χ4n) is 1.93. The number of hydrogen-bond acceptors (Lipinski definition) is 6. The molecule has 0 saturated carbocycles. The molecule has 2 unspecified atom stereocenters. The highest BCUT2D eigenvalue weighted by atomic mass is 35.5. The van der Waals surface area contributed by atoms with E-state index in [2.05, 4.69) is 4.98 Å². The number of rotatable bonds is 3. The van der Waals surface area contributed by atoms with Gasteiger partial charge in [0.25, 0.3) is 10.0 Å². The fourth-order valence-corrected chi connectivity index (χ4v) is 5.43. The Kier molecular flexibility index (Phi) is 4.49. The lowest BCUT2D eigenvalue weighted by Gasteiger charge is -2.36. The Labute approximate surface area is 121 Å². The maximum Gasteiger partial charge on any atom is 0.254 e. The number of hydrogen-bond donors (Lipinski definition) is 1. The highest BCUT2D eigenvalue weighted by Crippen LogP contribution is 2.31. The molecule has 0 aromatic carbocycles. The Bertz CT molecular complexity index is 560. The van der Waals surface area contributed by atoms with Crippen LogP contribution in [0.3, 0.4) is 0 Å². The van der Waals surface area contributed by atoms with E-state index in [-0.39, 0.29) is 34.5 Å². The van der Waals surface area contributed by atoms with Gasteiger partial charge in [0.15, 0.2) is 8.68 Å². The molecule has 9 heteroatoms. The Morgan fingerprint density at radius 2 is 2.32 bits per heavy atom. The molecule has 2 atom stereocenters. The van der Waals surface area contributed by atoms with Gasteiger partial charge < -0.3 is 9.84 Å². The van der Waals surface area contributed by atoms with Crippen LogP contribution in [0.5, 0.6) is 0 Å². The van der Waals surface area contributed by atoms with Crippen LogP contribution >= 0.6 is 22.9 Å². The van der Waals surface area contributed by atoms with Crippen LogP contribution in [0.2, 0.25) is 4.47 Å². The predicted octanol–water partition coefficient (Wildman–Crippen LogP) is 0.875. The lowest BCUT2D eigenvalue weighted by atomic mass is 10.2. The van der Waals surface area contributed by atoms with Gasteiger partial charge in [0.2, 0.25) is 0 Å². The SMILES string of the molecule is Cc1nc(Cl)sc1S(=O)(=O)N1CC(CO)OCC1C. The summed E-state index contributed by atoms with van der Waals surface area (Å²) in [7, 11) is -3.65. The van der Waals surface area contributed by atoms with E-state index in [0.29, 0.717) is 5.69 Å². The average Bonchev–Trinajstić information content (AvgIpc) is 2.69. The average molecular weight is 327 g/mol. The van der Waals surface area contributed by atoms with Gasteiger partial charge in [-0.1, -0.05) is 22.9 Å². The molecule has 2 heterocycles. The van der Waals surface area contributed by atoms with Crippen LogP contribution in [0.25, 0.3) is 0 Å². The van der Waals surface area contributed by atoms with E-state index in [0.717, 1.165) is 11.3 Å². The first-order valence-corrected chi connectivity index (χ1v) is 8.37. The summed E-state index contributed by atoms with van der Waals surface area (Å²) in [5.41, 5.74) is 0.397. The van der Waals surface area contributed by atoms with Gasteiger partial charge in [-0.15, -0.1) is 0 Å². The molecule has 6 nitrogen and oxygen atoms in total. The number of aliphatic hydroxyl groups is 1. The lowest BCUT2D eigenvalue weighted by Crippen LogP contribution is -2.51. The topological polar surface area (TPSA) is 79.7 Å². The van der Waals surface area contributed by atoms with Crippen LogP contribution in [-0.2, 0) is 14.8 Å². The van der Waals surface area contributed by atoms with E-state index in [9.17, 15) is 8.42 Å². The van der Waals surface area contributed by atoms with Crippen LogP contribution in [0.15, 0.2) is 4.21 Å². The van der Waals surface area contributed by atoms with Crippen LogP contribution in [0, 0.1) is 6.92 Å². The Balaban J connectivity index is 2.35. The zero-order valence-electron chi connectivity index (χ0n) is 10.5. The molecule has 0 bridgehead atoms. The molecule has 108 valence electrons. The second kappa shape index (κ2) is 5.63. The zero-order chi connectivity index (χ0) is 14.2. The minimum atomic E-state index is -3.65. The Hall–Kier alpha value is -0.250. The molecule has 1 aromatic heterocycles. The molecule has 19 heavy (non-hydrogen) atoms. The molecule has 1 aliphatic heterocycles. The van der Waals surface area contributed by atoms with Crippen molar-refractivity contribution >= 4 is 33.0 Å². The van der Waals surface area contributed by atoms with Crippen LogP contribution in [0.1, 0.15) is 12.6 Å². The van der Waals surface area contributed by atoms with Crippen molar-refractivity contribution in [3.63, 3.8) is 0 Å². The number of aromatic nitrogens is 1. The fraction of sp³-hybridized carbons (Fsp3) is 0.700. The Morgan fingerprint density at radius 1 is 1.63 bits per heavy atom. The summed E-state index contributed by atoms with van der Waals surface area (Å²) >= 11 is 6.71. The van der Waals surface area contributed by atoms with Crippen molar-refractivity contribution in [2.24, 2.45) is 0 Å². The summed E-state index contributed by atoms with van der Waals surface area (Å²) in [6, 6.07) is -0.284. The molecule has 1 aliphatic rings. The summed E-state index contributed by atoms with van der Waals surface area (Å²) in [6.45, 7) is 3.57. The van der Waals surface area contributed by atoms with Crippen LogP contribution < -0.4 is 0 Å². The number of ether oxygens (including phenoxy) is 1. The first kappa shape index (κ1) is 15.1. The minimum Gasteiger partial charge on any atom is -0.394 e. The third-order valence-electron chi connectivity index (χ3n) is 2.92. The first-order chi connectivity index (χ1) is 8.86. The molecule has 2 rings (SSSR count). The van der Waals surface area contributed by atoms with Gasteiger partial charge in [0.1, 0.15) is 0 Å². The maximum absolute atomic E-state index is 12.6. The predicted molar refractivity (Wildman–Crippen MR) is 72.0 cm³/mol. The highest BCUT2D eigenvalue weighted by Gasteiger charge is 2.37. The number of sulfonamides is 1. The first-order valence-electron chi connectivity index (χ1n) is 5.73. The summed E-state index contributed by atoms with van der Waals surface area (Å²) in [5.74, 6) is 0. The van der Waals surface area contributed by atoms with Gasteiger partial charge in [0.05, 0.1) is 25.0 Å². The lowest BCUT2D eigenvalue weighted by molar-refractivity contribution is -0.0515. The van der Waals surface area contributed by atoms with E-state index >= 15 is 0 Å². The van der Waals surface area contributed by atoms with Gasteiger partial charge in [-0.25, -0.2) is 13.4 Å².